The van der Waals surface area contributed by atoms with E-state index in [9.17, 15) is 4.79 Å². The fourth-order valence-electron chi connectivity index (χ4n) is 3.17. The quantitative estimate of drug-likeness (QED) is 0.567. The van der Waals surface area contributed by atoms with Gasteiger partial charge in [0.15, 0.2) is 0 Å². The second-order valence-corrected chi connectivity index (χ2v) is 6.51. The molecule has 136 valence electrons. The molecular formula is C22H26N2O2. The number of benzene rings is 2. The molecule has 1 heterocycles. The van der Waals surface area contributed by atoms with Crippen LogP contribution in [0.1, 0.15) is 30.4 Å². The second-order valence-electron chi connectivity index (χ2n) is 6.51. The standard InChI is InChI=1S/C22H26N2O2/c1-26-19-12-10-17(11-13-19)6-2-5-9-22(25)23-15-14-18-16-24-21-8-4-3-7-20(18)21/h3-4,7-8,10-13,16,24H,2,5-6,9,14-15H2,1H3,(H,23,25). The largest absolute Gasteiger partial charge is 0.497 e. The van der Waals surface area contributed by atoms with Crippen molar-refractivity contribution >= 4 is 16.8 Å². The zero-order valence-corrected chi connectivity index (χ0v) is 15.3. The van der Waals surface area contributed by atoms with Crippen molar-refractivity contribution in [3.05, 3.63) is 65.9 Å². The molecule has 1 amide bonds. The van der Waals surface area contributed by atoms with E-state index in [2.05, 4.69) is 34.6 Å². The molecule has 0 aliphatic heterocycles. The van der Waals surface area contributed by atoms with Gasteiger partial charge in [-0.2, -0.15) is 0 Å². The summed E-state index contributed by atoms with van der Waals surface area (Å²) in [6.07, 6.45) is 6.39. The van der Waals surface area contributed by atoms with Crippen LogP contribution in [-0.2, 0) is 17.6 Å². The normalized spacial score (nSPS) is 10.8. The molecule has 0 saturated heterocycles. The molecule has 0 bridgehead atoms. The zero-order chi connectivity index (χ0) is 18.2. The molecule has 0 fully saturated rings. The first-order valence-corrected chi connectivity index (χ1v) is 9.21. The van der Waals surface area contributed by atoms with E-state index in [0.29, 0.717) is 13.0 Å². The molecule has 1 aromatic heterocycles. The highest BCUT2D eigenvalue weighted by Gasteiger charge is 2.05. The zero-order valence-electron chi connectivity index (χ0n) is 15.3. The van der Waals surface area contributed by atoms with Crippen molar-refractivity contribution in [2.24, 2.45) is 0 Å². The van der Waals surface area contributed by atoms with E-state index >= 15 is 0 Å². The van der Waals surface area contributed by atoms with Crippen molar-refractivity contribution < 1.29 is 9.53 Å². The molecule has 26 heavy (non-hydrogen) atoms. The van der Waals surface area contributed by atoms with Crippen LogP contribution in [-0.4, -0.2) is 24.5 Å². The fourth-order valence-corrected chi connectivity index (χ4v) is 3.17. The molecule has 0 saturated carbocycles. The first kappa shape index (κ1) is 18.1. The predicted octanol–water partition coefficient (Wildman–Crippen LogP) is 4.25. The molecule has 0 aliphatic rings. The lowest BCUT2D eigenvalue weighted by Crippen LogP contribution is -2.25. The highest BCUT2D eigenvalue weighted by Crippen LogP contribution is 2.17. The predicted molar refractivity (Wildman–Crippen MR) is 106 cm³/mol. The van der Waals surface area contributed by atoms with Gasteiger partial charge in [0.1, 0.15) is 5.75 Å². The Morgan fingerprint density at radius 1 is 1.04 bits per heavy atom. The lowest BCUT2D eigenvalue weighted by Gasteiger charge is -2.06. The van der Waals surface area contributed by atoms with E-state index in [4.69, 9.17) is 4.74 Å². The fraction of sp³-hybridized carbons (Fsp3) is 0.318. The summed E-state index contributed by atoms with van der Waals surface area (Å²) < 4.78 is 5.16. The van der Waals surface area contributed by atoms with Crippen LogP contribution in [0.25, 0.3) is 10.9 Å². The summed E-state index contributed by atoms with van der Waals surface area (Å²) >= 11 is 0. The number of methoxy groups -OCH3 is 1. The van der Waals surface area contributed by atoms with E-state index in [1.54, 1.807) is 7.11 Å². The van der Waals surface area contributed by atoms with E-state index in [0.717, 1.165) is 36.9 Å². The minimum absolute atomic E-state index is 0.138. The number of ether oxygens (including phenoxy) is 1. The Hall–Kier alpha value is -2.75. The van der Waals surface area contributed by atoms with Crippen LogP contribution in [0.3, 0.4) is 0 Å². The number of aryl methyl sites for hydroxylation is 1. The summed E-state index contributed by atoms with van der Waals surface area (Å²) in [5.41, 5.74) is 3.68. The lowest BCUT2D eigenvalue weighted by atomic mass is 10.1. The summed E-state index contributed by atoms with van der Waals surface area (Å²) in [5.74, 6) is 1.02. The number of hydrogen-bond donors (Lipinski definition) is 2. The van der Waals surface area contributed by atoms with Gasteiger partial charge in [0.05, 0.1) is 7.11 Å². The molecule has 0 spiro atoms. The maximum absolute atomic E-state index is 12.0. The number of carbonyl (C=O) groups is 1. The molecule has 0 radical (unpaired) electrons. The summed E-state index contributed by atoms with van der Waals surface area (Å²) in [6.45, 7) is 0.680. The second kappa shape index (κ2) is 9.09. The van der Waals surface area contributed by atoms with Gasteiger partial charge in [0.2, 0.25) is 5.91 Å². The van der Waals surface area contributed by atoms with E-state index in [1.165, 1.54) is 16.5 Å². The van der Waals surface area contributed by atoms with Gasteiger partial charge in [-0.15, -0.1) is 0 Å². The average molecular weight is 350 g/mol. The Kier molecular flexibility index (Phi) is 6.31. The monoisotopic (exact) mass is 350 g/mol. The number of amides is 1. The number of H-pyrrole nitrogens is 1. The smallest absolute Gasteiger partial charge is 0.220 e. The third kappa shape index (κ3) is 4.88. The number of fused-ring (bicyclic) bond motifs is 1. The Morgan fingerprint density at radius 2 is 1.85 bits per heavy atom. The van der Waals surface area contributed by atoms with Crippen LogP contribution in [0, 0.1) is 0 Å². The Morgan fingerprint density at radius 3 is 2.65 bits per heavy atom. The van der Waals surface area contributed by atoms with Crippen LogP contribution in [0.2, 0.25) is 0 Å². The molecule has 4 heteroatoms. The number of rotatable bonds is 9. The first-order valence-electron chi connectivity index (χ1n) is 9.21. The van der Waals surface area contributed by atoms with Crippen molar-refractivity contribution in [1.29, 1.82) is 0 Å². The molecule has 0 aliphatic carbocycles. The van der Waals surface area contributed by atoms with Gasteiger partial charge in [-0.1, -0.05) is 30.3 Å². The van der Waals surface area contributed by atoms with Gasteiger partial charge in [0.25, 0.3) is 0 Å². The van der Waals surface area contributed by atoms with E-state index in [1.807, 2.05) is 30.5 Å². The minimum Gasteiger partial charge on any atom is -0.497 e. The van der Waals surface area contributed by atoms with Gasteiger partial charge >= 0.3 is 0 Å². The Balaban J connectivity index is 1.33. The van der Waals surface area contributed by atoms with Gasteiger partial charge in [-0.25, -0.2) is 0 Å². The summed E-state index contributed by atoms with van der Waals surface area (Å²) in [7, 11) is 1.67. The number of carbonyl (C=O) groups excluding carboxylic acids is 1. The third-order valence-electron chi connectivity index (χ3n) is 4.67. The SMILES string of the molecule is COc1ccc(CCCCC(=O)NCCc2c[nH]c3ccccc23)cc1. The van der Waals surface area contributed by atoms with Crippen LogP contribution in [0.4, 0.5) is 0 Å². The van der Waals surface area contributed by atoms with Gasteiger partial charge in [0, 0.05) is 30.1 Å². The van der Waals surface area contributed by atoms with Gasteiger partial charge in [-0.3, -0.25) is 4.79 Å². The maximum Gasteiger partial charge on any atom is 0.220 e. The highest BCUT2D eigenvalue weighted by atomic mass is 16.5. The first-order chi connectivity index (χ1) is 12.8. The molecular weight excluding hydrogens is 324 g/mol. The number of hydrogen-bond acceptors (Lipinski definition) is 2. The number of aromatic nitrogens is 1. The molecule has 2 N–H and O–H groups in total. The minimum atomic E-state index is 0.138. The van der Waals surface area contributed by atoms with Crippen molar-refractivity contribution in [3.63, 3.8) is 0 Å². The van der Waals surface area contributed by atoms with Gasteiger partial charge < -0.3 is 15.0 Å². The number of nitrogens with one attached hydrogen (secondary N) is 2. The van der Waals surface area contributed by atoms with Crippen molar-refractivity contribution in [2.75, 3.05) is 13.7 Å². The van der Waals surface area contributed by atoms with Crippen LogP contribution in [0.15, 0.2) is 54.7 Å². The van der Waals surface area contributed by atoms with Crippen LogP contribution in [0.5, 0.6) is 5.75 Å². The van der Waals surface area contributed by atoms with Crippen molar-refractivity contribution in [1.82, 2.24) is 10.3 Å². The van der Waals surface area contributed by atoms with Crippen molar-refractivity contribution in [3.8, 4) is 5.75 Å². The Bertz CT molecular complexity index is 837. The number of unbranched alkanes of at least 4 members (excludes halogenated alkanes) is 1. The van der Waals surface area contributed by atoms with Gasteiger partial charge in [-0.05, 0) is 55.0 Å². The van der Waals surface area contributed by atoms with Crippen molar-refractivity contribution in [2.45, 2.75) is 32.1 Å². The molecule has 4 nitrogen and oxygen atoms in total. The summed E-state index contributed by atoms with van der Waals surface area (Å²) in [6, 6.07) is 16.4. The topological polar surface area (TPSA) is 54.1 Å². The number of aromatic amines is 1. The summed E-state index contributed by atoms with van der Waals surface area (Å²) in [4.78, 5) is 15.3. The molecule has 3 rings (SSSR count). The van der Waals surface area contributed by atoms with Crippen LogP contribution >= 0.6 is 0 Å². The van der Waals surface area contributed by atoms with E-state index < -0.39 is 0 Å². The van der Waals surface area contributed by atoms with Crippen LogP contribution < -0.4 is 10.1 Å². The Labute approximate surface area is 154 Å². The molecule has 0 atom stereocenters. The molecule has 2 aromatic carbocycles. The summed E-state index contributed by atoms with van der Waals surface area (Å²) in [5, 5.41) is 4.27. The highest BCUT2D eigenvalue weighted by molar-refractivity contribution is 5.83. The third-order valence-corrected chi connectivity index (χ3v) is 4.67. The average Bonchev–Trinajstić information content (AvgIpc) is 3.09. The molecule has 3 aromatic rings. The number of para-hydroxylation sites is 1. The molecule has 0 unspecified atom stereocenters. The lowest BCUT2D eigenvalue weighted by molar-refractivity contribution is -0.121. The van der Waals surface area contributed by atoms with E-state index in [-0.39, 0.29) is 5.91 Å². The maximum atomic E-state index is 12.0.